The van der Waals surface area contributed by atoms with Crippen molar-refractivity contribution in [2.24, 2.45) is 0 Å². The smallest absolute Gasteiger partial charge is 0.231 e. The van der Waals surface area contributed by atoms with Gasteiger partial charge in [0.15, 0.2) is 0 Å². The normalized spacial score (nSPS) is 10.1. The highest BCUT2D eigenvalue weighted by atomic mass is 19.1. The van der Waals surface area contributed by atoms with E-state index >= 15 is 0 Å². The lowest BCUT2D eigenvalue weighted by molar-refractivity contribution is -0.135. The van der Waals surface area contributed by atoms with Gasteiger partial charge in [-0.15, -0.1) is 0 Å². The Labute approximate surface area is 112 Å². The molecule has 0 aliphatic carbocycles. The first-order valence-electron chi connectivity index (χ1n) is 6.36. The molecule has 0 unspecified atom stereocenters. The zero-order chi connectivity index (χ0) is 14.3. The summed E-state index contributed by atoms with van der Waals surface area (Å²) in [7, 11) is 0. The zero-order valence-electron chi connectivity index (χ0n) is 11.3. The number of amides is 2. The predicted octanol–water partition coefficient (Wildman–Crippen LogP) is 1.70. The van der Waals surface area contributed by atoms with E-state index in [4.69, 9.17) is 0 Å². The molecule has 0 saturated carbocycles. The summed E-state index contributed by atoms with van der Waals surface area (Å²) in [5.74, 6) is -0.964. The van der Waals surface area contributed by atoms with Gasteiger partial charge in [-0.2, -0.15) is 0 Å². The Morgan fingerprint density at radius 1 is 1.21 bits per heavy atom. The van der Waals surface area contributed by atoms with E-state index in [9.17, 15) is 14.0 Å². The Kier molecular flexibility index (Phi) is 5.99. The largest absolute Gasteiger partial charge is 0.351 e. The van der Waals surface area contributed by atoms with Crippen molar-refractivity contribution in [1.82, 2.24) is 10.2 Å². The van der Waals surface area contributed by atoms with Crippen molar-refractivity contribution in [2.45, 2.75) is 26.8 Å². The highest BCUT2D eigenvalue weighted by Crippen LogP contribution is 2.05. The highest BCUT2D eigenvalue weighted by molar-refractivity contribution is 5.96. The molecule has 0 aliphatic rings. The van der Waals surface area contributed by atoms with Gasteiger partial charge in [-0.3, -0.25) is 9.59 Å². The maximum absolute atomic E-state index is 13.3. The fourth-order valence-corrected chi connectivity index (χ4v) is 1.72. The molecule has 0 saturated heterocycles. The Morgan fingerprint density at radius 3 is 2.42 bits per heavy atom. The van der Waals surface area contributed by atoms with Crippen LogP contribution >= 0.6 is 0 Å². The Balaban J connectivity index is 2.44. The van der Waals surface area contributed by atoms with Crippen molar-refractivity contribution in [3.63, 3.8) is 0 Å². The first-order valence-corrected chi connectivity index (χ1v) is 6.36. The highest BCUT2D eigenvalue weighted by Gasteiger charge is 2.14. The van der Waals surface area contributed by atoms with E-state index < -0.39 is 0 Å². The summed E-state index contributed by atoms with van der Waals surface area (Å²) in [5, 5.41) is 2.55. The van der Waals surface area contributed by atoms with Gasteiger partial charge < -0.3 is 10.2 Å². The molecule has 0 spiro atoms. The lowest BCUT2D eigenvalue weighted by atomic mass is 10.2. The number of hydrogen-bond acceptors (Lipinski definition) is 2. The van der Waals surface area contributed by atoms with E-state index in [0.29, 0.717) is 18.7 Å². The van der Waals surface area contributed by atoms with E-state index in [2.05, 4.69) is 5.32 Å². The molecule has 1 aromatic carbocycles. The van der Waals surface area contributed by atoms with Crippen LogP contribution in [0, 0.1) is 5.82 Å². The Bertz CT molecular complexity index is 445. The van der Waals surface area contributed by atoms with E-state index in [0.717, 1.165) is 0 Å². The maximum atomic E-state index is 13.3. The number of hydrogen-bond donors (Lipinski definition) is 1. The monoisotopic (exact) mass is 266 g/mol. The van der Waals surface area contributed by atoms with Gasteiger partial charge in [0.1, 0.15) is 12.2 Å². The molecule has 0 fully saturated rings. The summed E-state index contributed by atoms with van der Waals surface area (Å²) < 4.78 is 13.3. The van der Waals surface area contributed by atoms with Gasteiger partial charge in [-0.25, -0.2) is 4.39 Å². The van der Waals surface area contributed by atoms with Crippen LogP contribution in [0.1, 0.15) is 25.8 Å². The van der Waals surface area contributed by atoms with Crippen molar-refractivity contribution in [3.05, 3.63) is 35.6 Å². The van der Waals surface area contributed by atoms with Crippen molar-refractivity contribution >= 4 is 11.8 Å². The first kappa shape index (κ1) is 15.1. The number of nitrogens with one attached hydrogen (secondary N) is 1. The van der Waals surface area contributed by atoms with Gasteiger partial charge in [0.05, 0.1) is 0 Å². The summed E-state index contributed by atoms with van der Waals surface area (Å²) in [6, 6.07) is 6.22. The number of halogens is 1. The number of benzene rings is 1. The summed E-state index contributed by atoms with van der Waals surface area (Å²) in [6.07, 6.45) is -0.198. The van der Waals surface area contributed by atoms with Gasteiger partial charge in [0, 0.05) is 25.2 Å². The third kappa shape index (κ3) is 4.69. The third-order valence-corrected chi connectivity index (χ3v) is 2.86. The van der Waals surface area contributed by atoms with Crippen LogP contribution in [0.5, 0.6) is 0 Å². The summed E-state index contributed by atoms with van der Waals surface area (Å²) in [5.41, 5.74) is 0.408. The SMILES string of the molecule is CCN(CC)C(=O)CC(=O)NCc1ccccc1F. The molecule has 19 heavy (non-hydrogen) atoms. The molecule has 4 nitrogen and oxygen atoms in total. The Hall–Kier alpha value is -1.91. The van der Waals surface area contributed by atoms with E-state index in [1.165, 1.54) is 6.07 Å². The van der Waals surface area contributed by atoms with Crippen LogP contribution in [0.15, 0.2) is 24.3 Å². The second-order valence-corrected chi connectivity index (χ2v) is 4.11. The molecule has 5 heteroatoms. The van der Waals surface area contributed by atoms with Crippen LogP contribution in [0.25, 0.3) is 0 Å². The second-order valence-electron chi connectivity index (χ2n) is 4.11. The summed E-state index contributed by atoms with van der Waals surface area (Å²) in [6.45, 7) is 4.97. The van der Waals surface area contributed by atoms with Crippen molar-refractivity contribution in [1.29, 1.82) is 0 Å². The van der Waals surface area contributed by atoms with Crippen molar-refractivity contribution < 1.29 is 14.0 Å². The predicted molar refractivity (Wildman–Crippen MR) is 70.8 cm³/mol. The van der Waals surface area contributed by atoms with Crippen LogP contribution in [0.2, 0.25) is 0 Å². The van der Waals surface area contributed by atoms with Gasteiger partial charge >= 0.3 is 0 Å². The second kappa shape index (κ2) is 7.51. The van der Waals surface area contributed by atoms with Gasteiger partial charge in [-0.05, 0) is 19.9 Å². The molecule has 0 atom stereocenters. The zero-order valence-corrected chi connectivity index (χ0v) is 11.3. The molecule has 1 rings (SSSR count). The van der Waals surface area contributed by atoms with E-state index in [1.807, 2.05) is 13.8 Å². The van der Waals surface area contributed by atoms with E-state index in [1.54, 1.807) is 23.1 Å². The van der Waals surface area contributed by atoms with Crippen LogP contribution in [-0.2, 0) is 16.1 Å². The minimum Gasteiger partial charge on any atom is -0.351 e. The third-order valence-electron chi connectivity index (χ3n) is 2.86. The number of carbonyl (C=O) groups is 2. The fourth-order valence-electron chi connectivity index (χ4n) is 1.72. The number of carbonyl (C=O) groups excluding carboxylic acids is 2. The standard InChI is InChI=1S/C14H19FN2O2/c1-3-17(4-2)14(19)9-13(18)16-10-11-7-5-6-8-12(11)15/h5-8H,3-4,9-10H2,1-2H3,(H,16,18). The summed E-state index contributed by atoms with van der Waals surface area (Å²) >= 11 is 0. The van der Waals surface area contributed by atoms with Crippen LogP contribution in [-0.4, -0.2) is 29.8 Å². The minimum absolute atomic E-state index is 0.0943. The average molecular weight is 266 g/mol. The quantitative estimate of drug-likeness (QED) is 0.797. The summed E-state index contributed by atoms with van der Waals surface area (Å²) in [4.78, 5) is 24.9. The lowest BCUT2D eigenvalue weighted by Gasteiger charge is -2.18. The number of rotatable bonds is 6. The molecule has 1 aromatic rings. The topological polar surface area (TPSA) is 49.4 Å². The van der Waals surface area contributed by atoms with Gasteiger partial charge in [-0.1, -0.05) is 18.2 Å². The van der Waals surface area contributed by atoms with Crippen LogP contribution in [0.4, 0.5) is 4.39 Å². The van der Waals surface area contributed by atoms with Gasteiger partial charge in [0.2, 0.25) is 11.8 Å². The molecule has 104 valence electrons. The molecule has 2 amide bonds. The maximum Gasteiger partial charge on any atom is 0.231 e. The molecule has 0 heterocycles. The fraction of sp³-hybridized carbons (Fsp3) is 0.429. The van der Waals surface area contributed by atoms with Crippen LogP contribution < -0.4 is 5.32 Å². The van der Waals surface area contributed by atoms with E-state index in [-0.39, 0.29) is 30.6 Å². The molecular weight excluding hydrogens is 247 g/mol. The molecule has 0 bridgehead atoms. The average Bonchev–Trinajstić information content (AvgIpc) is 2.39. The Morgan fingerprint density at radius 2 is 1.84 bits per heavy atom. The van der Waals surface area contributed by atoms with Crippen LogP contribution in [0.3, 0.4) is 0 Å². The van der Waals surface area contributed by atoms with Gasteiger partial charge in [0.25, 0.3) is 0 Å². The molecule has 0 aromatic heterocycles. The van der Waals surface area contributed by atoms with Crippen molar-refractivity contribution in [2.75, 3.05) is 13.1 Å². The molecular formula is C14H19FN2O2. The first-order chi connectivity index (χ1) is 9.08. The minimum atomic E-state index is -0.389. The molecule has 0 radical (unpaired) electrons. The molecule has 1 N–H and O–H groups in total. The lowest BCUT2D eigenvalue weighted by Crippen LogP contribution is -2.35. The number of nitrogens with zero attached hydrogens (tertiary/aromatic N) is 1. The van der Waals surface area contributed by atoms with Crippen molar-refractivity contribution in [3.8, 4) is 0 Å². The molecule has 0 aliphatic heterocycles.